The lowest BCUT2D eigenvalue weighted by molar-refractivity contribution is 0.306. The van der Waals surface area contributed by atoms with Gasteiger partial charge in [-0.05, 0) is 73.4 Å². The maximum atomic E-state index is 9.38. The number of hydrogen-bond donors (Lipinski definition) is 2. The standard InChI is InChI=1S/C22H28ClN3O/c1-26(2)21-12-10-18(11-13-21)17-8-6-16(7-9-17)14-22(25-27)24-20-5-3-4-19(23)15-20/h3-5,10-13,15-17,27H,6-9,14H2,1-2H3,(H,24,25)/t16-,17+. The van der Waals surface area contributed by atoms with Crippen molar-refractivity contribution in [3.8, 4) is 0 Å². The molecule has 1 aliphatic rings. The number of oxime groups is 1. The van der Waals surface area contributed by atoms with Crippen LogP contribution in [0.3, 0.4) is 0 Å². The summed E-state index contributed by atoms with van der Waals surface area (Å²) in [6, 6.07) is 16.4. The van der Waals surface area contributed by atoms with Crippen molar-refractivity contribution in [3.63, 3.8) is 0 Å². The maximum absolute atomic E-state index is 9.38. The zero-order chi connectivity index (χ0) is 19.2. The first-order chi connectivity index (χ1) is 13.0. The Labute approximate surface area is 166 Å². The summed E-state index contributed by atoms with van der Waals surface area (Å²) in [5.74, 6) is 1.78. The molecule has 1 aliphatic carbocycles. The van der Waals surface area contributed by atoms with Crippen LogP contribution in [-0.2, 0) is 0 Å². The number of nitrogens with one attached hydrogen (secondary N) is 1. The summed E-state index contributed by atoms with van der Waals surface area (Å²) in [4.78, 5) is 2.13. The highest BCUT2D eigenvalue weighted by Gasteiger charge is 2.24. The molecule has 5 heteroatoms. The first-order valence-corrected chi connectivity index (χ1v) is 9.93. The minimum absolute atomic E-state index is 0.542. The Morgan fingerprint density at radius 3 is 2.41 bits per heavy atom. The molecule has 0 spiro atoms. The highest BCUT2D eigenvalue weighted by atomic mass is 35.5. The van der Waals surface area contributed by atoms with E-state index in [1.54, 1.807) is 0 Å². The quantitative estimate of drug-likeness (QED) is 0.288. The molecule has 0 saturated heterocycles. The lowest BCUT2D eigenvalue weighted by Crippen LogP contribution is -2.21. The monoisotopic (exact) mass is 385 g/mol. The van der Waals surface area contributed by atoms with E-state index < -0.39 is 0 Å². The summed E-state index contributed by atoms with van der Waals surface area (Å²) in [6.07, 6.45) is 5.42. The first kappa shape index (κ1) is 19.6. The topological polar surface area (TPSA) is 47.9 Å². The SMILES string of the molecule is CN(C)c1ccc([C@H]2CC[C@@H](C/C(=N/O)Nc3cccc(Cl)c3)CC2)cc1. The zero-order valence-corrected chi connectivity index (χ0v) is 16.8. The predicted octanol–water partition coefficient (Wildman–Crippen LogP) is 5.97. The molecule has 0 bridgehead atoms. The van der Waals surface area contributed by atoms with E-state index in [0.29, 0.717) is 22.7 Å². The molecule has 0 radical (unpaired) electrons. The van der Waals surface area contributed by atoms with Crippen LogP contribution in [-0.4, -0.2) is 25.1 Å². The van der Waals surface area contributed by atoms with Crippen LogP contribution < -0.4 is 10.2 Å². The minimum Gasteiger partial charge on any atom is -0.409 e. The van der Waals surface area contributed by atoms with Gasteiger partial charge in [0.25, 0.3) is 0 Å². The van der Waals surface area contributed by atoms with Crippen LogP contribution in [0.2, 0.25) is 5.02 Å². The van der Waals surface area contributed by atoms with Crippen LogP contribution in [0.15, 0.2) is 53.7 Å². The number of benzene rings is 2. The summed E-state index contributed by atoms with van der Waals surface area (Å²) < 4.78 is 0. The third-order valence-corrected chi connectivity index (χ3v) is 5.68. The molecular weight excluding hydrogens is 358 g/mol. The van der Waals surface area contributed by atoms with Gasteiger partial charge in [-0.15, -0.1) is 0 Å². The van der Waals surface area contributed by atoms with E-state index in [4.69, 9.17) is 11.6 Å². The molecule has 0 aromatic heterocycles. The fourth-order valence-corrected chi connectivity index (χ4v) is 4.06. The Balaban J connectivity index is 1.52. The van der Waals surface area contributed by atoms with Crippen molar-refractivity contribution in [2.24, 2.45) is 11.1 Å². The molecule has 2 N–H and O–H groups in total. The summed E-state index contributed by atoms with van der Waals surface area (Å²) in [5.41, 5.74) is 3.53. The Kier molecular flexibility index (Phi) is 6.62. The van der Waals surface area contributed by atoms with Crippen molar-refractivity contribution in [2.75, 3.05) is 24.3 Å². The van der Waals surface area contributed by atoms with Crippen LogP contribution in [0, 0.1) is 5.92 Å². The highest BCUT2D eigenvalue weighted by Crippen LogP contribution is 2.37. The number of hydrogen-bond acceptors (Lipinski definition) is 3. The second-order valence-corrected chi connectivity index (χ2v) is 8.03. The number of amidine groups is 1. The van der Waals surface area contributed by atoms with Gasteiger partial charge in [0.1, 0.15) is 5.84 Å². The Hall–Kier alpha value is -2.20. The maximum Gasteiger partial charge on any atom is 0.146 e. The molecule has 4 nitrogen and oxygen atoms in total. The molecule has 0 amide bonds. The molecule has 0 unspecified atom stereocenters. The smallest absolute Gasteiger partial charge is 0.146 e. The van der Waals surface area contributed by atoms with Crippen molar-refractivity contribution in [2.45, 2.75) is 38.0 Å². The van der Waals surface area contributed by atoms with E-state index in [9.17, 15) is 5.21 Å². The molecule has 0 heterocycles. The summed E-state index contributed by atoms with van der Waals surface area (Å²) in [7, 11) is 4.13. The molecule has 1 saturated carbocycles. The molecule has 0 aliphatic heterocycles. The summed E-state index contributed by atoms with van der Waals surface area (Å²) in [6.45, 7) is 0. The van der Waals surface area contributed by atoms with Crippen LogP contribution in [0.25, 0.3) is 0 Å². The van der Waals surface area contributed by atoms with Gasteiger partial charge in [0.2, 0.25) is 0 Å². The lowest BCUT2D eigenvalue weighted by Gasteiger charge is -2.29. The van der Waals surface area contributed by atoms with Gasteiger partial charge < -0.3 is 15.4 Å². The average molecular weight is 386 g/mol. The van der Waals surface area contributed by atoms with Gasteiger partial charge in [-0.2, -0.15) is 0 Å². The molecule has 3 rings (SSSR count). The van der Waals surface area contributed by atoms with Gasteiger partial charge >= 0.3 is 0 Å². The van der Waals surface area contributed by atoms with Gasteiger partial charge in [0.05, 0.1) is 0 Å². The fourth-order valence-electron chi connectivity index (χ4n) is 3.87. The van der Waals surface area contributed by atoms with Crippen molar-refractivity contribution < 1.29 is 5.21 Å². The largest absolute Gasteiger partial charge is 0.409 e. The second-order valence-electron chi connectivity index (χ2n) is 7.59. The predicted molar refractivity (Wildman–Crippen MR) is 114 cm³/mol. The van der Waals surface area contributed by atoms with Crippen LogP contribution in [0.5, 0.6) is 0 Å². The fraction of sp³-hybridized carbons (Fsp3) is 0.409. The van der Waals surface area contributed by atoms with Gasteiger partial charge in [0, 0.05) is 36.9 Å². The van der Waals surface area contributed by atoms with E-state index >= 15 is 0 Å². The Morgan fingerprint density at radius 1 is 1.11 bits per heavy atom. The summed E-state index contributed by atoms with van der Waals surface area (Å²) >= 11 is 6.02. The van der Waals surface area contributed by atoms with Crippen LogP contribution >= 0.6 is 11.6 Å². The molecule has 2 aromatic rings. The lowest BCUT2D eigenvalue weighted by atomic mass is 9.77. The van der Waals surface area contributed by atoms with Crippen molar-refractivity contribution in [1.29, 1.82) is 0 Å². The Bertz CT molecular complexity index is 765. The minimum atomic E-state index is 0.542. The van der Waals surface area contributed by atoms with E-state index in [2.05, 4.69) is 53.7 Å². The van der Waals surface area contributed by atoms with E-state index in [-0.39, 0.29) is 0 Å². The molecule has 2 aromatic carbocycles. The van der Waals surface area contributed by atoms with Crippen molar-refractivity contribution in [1.82, 2.24) is 0 Å². The number of halogens is 1. The zero-order valence-electron chi connectivity index (χ0n) is 16.0. The third kappa shape index (κ3) is 5.39. The normalized spacial score (nSPS) is 20.3. The van der Waals surface area contributed by atoms with E-state index in [1.165, 1.54) is 24.1 Å². The molecule has 0 atom stereocenters. The Morgan fingerprint density at radius 2 is 1.81 bits per heavy atom. The van der Waals surface area contributed by atoms with E-state index in [1.807, 2.05) is 24.3 Å². The van der Waals surface area contributed by atoms with Gasteiger partial charge in [-0.3, -0.25) is 0 Å². The van der Waals surface area contributed by atoms with Crippen molar-refractivity contribution in [3.05, 3.63) is 59.1 Å². The third-order valence-electron chi connectivity index (χ3n) is 5.44. The van der Waals surface area contributed by atoms with Gasteiger partial charge in [0.15, 0.2) is 0 Å². The molecule has 144 valence electrons. The molecule has 27 heavy (non-hydrogen) atoms. The number of nitrogens with zero attached hydrogens (tertiary/aromatic N) is 2. The highest BCUT2D eigenvalue weighted by molar-refractivity contribution is 6.30. The van der Waals surface area contributed by atoms with Crippen LogP contribution in [0.1, 0.15) is 43.6 Å². The second kappa shape index (κ2) is 9.14. The molecule has 1 fully saturated rings. The van der Waals surface area contributed by atoms with Gasteiger partial charge in [-0.25, -0.2) is 0 Å². The van der Waals surface area contributed by atoms with Crippen molar-refractivity contribution >= 4 is 28.8 Å². The van der Waals surface area contributed by atoms with E-state index in [0.717, 1.165) is 24.9 Å². The molecular formula is C22H28ClN3O. The first-order valence-electron chi connectivity index (χ1n) is 9.56. The van der Waals surface area contributed by atoms with Gasteiger partial charge in [-0.1, -0.05) is 35.0 Å². The van der Waals surface area contributed by atoms with Crippen LogP contribution in [0.4, 0.5) is 11.4 Å². The number of anilines is 2. The average Bonchev–Trinajstić information content (AvgIpc) is 2.68. The number of rotatable bonds is 5. The summed E-state index contributed by atoms with van der Waals surface area (Å²) in [5, 5.41) is 16.7.